The fourth-order valence-electron chi connectivity index (χ4n) is 3.62. The number of benzene rings is 1. The van der Waals surface area contributed by atoms with Crippen molar-refractivity contribution >= 4 is 28.8 Å². The number of piperazine rings is 1. The van der Waals surface area contributed by atoms with Crippen LogP contribution in [0.15, 0.2) is 40.8 Å². The van der Waals surface area contributed by atoms with Crippen molar-refractivity contribution in [2.24, 2.45) is 5.92 Å². The summed E-state index contributed by atoms with van der Waals surface area (Å²) in [7, 11) is 0. The minimum absolute atomic E-state index is 0.148. The summed E-state index contributed by atoms with van der Waals surface area (Å²) in [5, 5.41) is 11.3. The Morgan fingerprint density at radius 1 is 1.03 bits per heavy atom. The molecule has 2 fully saturated rings. The van der Waals surface area contributed by atoms with E-state index in [-0.39, 0.29) is 5.91 Å². The lowest BCUT2D eigenvalue weighted by Crippen LogP contribution is -2.47. The highest BCUT2D eigenvalue weighted by atomic mass is 16.4. The number of carbonyl (C=O) groups is 1. The van der Waals surface area contributed by atoms with Crippen LogP contribution in [0.4, 0.5) is 11.8 Å². The van der Waals surface area contributed by atoms with Gasteiger partial charge >= 0.3 is 0 Å². The molecule has 3 aromatic rings. The van der Waals surface area contributed by atoms with Gasteiger partial charge in [-0.1, -0.05) is 25.0 Å². The normalized spacial score (nSPS) is 17.0. The molecular weight excluding hydrogens is 368 g/mol. The second-order valence-electron chi connectivity index (χ2n) is 7.70. The van der Waals surface area contributed by atoms with Gasteiger partial charge in [-0.3, -0.25) is 4.79 Å². The van der Waals surface area contributed by atoms with Gasteiger partial charge < -0.3 is 19.5 Å². The molecule has 0 unspecified atom stereocenters. The standard InChI is InChI=1S/C21H24N6O2/c28-20(22-10-9-15-5-6-15)17-7-8-19(25-24-17)26-11-13-27(14-12-26)21-23-16-3-1-2-4-18(16)29-21/h1-4,7-8,15H,5-6,9-14H2,(H,22,28). The van der Waals surface area contributed by atoms with Crippen LogP contribution in [0.2, 0.25) is 0 Å². The highest BCUT2D eigenvalue weighted by Gasteiger charge is 2.23. The maximum atomic E-state index is 12.2. The van der Waals surface area contributed by atoms with Crippen LogP contribution in [0, 0.1) is 5.92 Å². The predicted octanol–water partition coefficient (Wildman–Crippen LogP) is 2.47. The Balaban J connectivity index is 1.16. The number of amides is 1. The van der Waals surface area contributed by atoms with Gasteiger partial charge in [-0.15, -0.1) is 10.2 Å². The van der Waals surface area contributed by atoms with Crippen LogP contribution in [-0.2, 0) is 0 Å². The Labute approximate surface area is 168 Å². The zero-order chi connectivity index (χ0) is 19.6. The fourth-order valence-corrected chi connectivity index (χ4v) is 3.62. The number of carbonyl (C=O) groups excluding carboxylic acids is 1. The molecule has 1 amide bonds. The van der Waals surface area contributed by atoms with Gasteiger partial charge in [0.15, 0.2) is 17.1 Å². The summed E-state index contributed by atoms with van der Waals surface area (Å²) in [5.41, 5.74) is 2.05. The Kier molecular flexibility index (Phi) is 4.75. The molecule has 1 aromatic carbocycles. The molecule has 5 rings (SSSR count). The largest absolute Gasteiger partial charge is 0.423 e. The zero-order valence-corrected chi connectivity index (χ0v) is 16.3. The van der Waals surface area contributed by atoms with E-state index in [1.165, 1.54) is 12.8 Å². The number of para-hydroxylation sites is 2. The molecule has 2 aliphatic rings. The van der Waals surface area contributed by atoms with Crippen molar-refractivity contribution in [3.05, 3.63) is 42.1 Å². The van der Waals surface area contributed by atoms with Crippen molar-refractivity contribution in [3.63, 3.8) is 0 Å². The molecule has 29 heavy (non-hydrogen) atoms. The molecule has 3 heterocycles. The molecule has 8 heteroatoms. The van der Waals surface area contributed by atoms with Gasteiger partial charge in [0.2, 0.25) is 0 Å². The molecular formula is C21H24N6O2. The maximum Gasteiger partial charge on any atom is 0.298 e. The third kappa shape index (κ3) is 4.01. The first kappa shape index (κ1) is 17.9. The number of hydrogen-bond donors (Lipinski definition) is 1. The number of hydrogen-bond acceptors (Lipinski definition) is 7. The molecule has 0 bridgehead atoms. The van der Waals surface area contributed by atoms with Gasteiger partial charge in [0, 0.05) is 32.7 Å². The number of nitrogens with zero attached hydrogens (tertiary/aromatic N) is 5. The van der Waals surface area contributed by atoms with Crippen molar-refractivity contribution in [1.29, 1.82) is 0 Å². The molecule has 0 radical (unpaired) electrons. The van der Waals surface area contributed by atoms with E-state index in [2.05, 4.69) is 30.3 Å². The number of anilines is 2. The molecule has 1 saturated carbocycles. The van der Waals surface area contributed by atoms with Crippen LogP contribution >= 0.6 is 0 Å². The molecule has 8 nitrogen and oxygen atoms in total. The van der Waals surface area contributed by atoms with E-state index in [0.29, 0.717) is 18.3 Å². The van der Waals surface area contributed by atoms with E-state index in [1.807, 2.05) is 30.3 Å². The number of aromatic nitrogens is 3. The molecule has 0 atom stereocenters. The zero-order valence-electron chi connectivity index (χ0n) is 16.3. The fraction of sp³-hybridized carbons (Fsp3) is 0.429. The summed E-state index contributed by atoms with van der Waals surface area (Å²) in [6.07, 6.45) is 3.65. The van der Waals surface area contributed by atoms with E-state index in [9.17, 15) is 4.79 Å². The van der Waals surface area contributed by atoms with Crippen molar-refractivity contribution in [3.8, 4) is 0 Å². The quantitative estimate of drug-likeness (QED) is 0.689. The summed E-state index contributed by atoms with van der Waals surface area (Å²) in [4.78, 5) is 21.0. The first-order valence-electron chi connectivity index (χ1n) is 10.2. The molecule has 0 spiro atoms. The molecule has 2 aromatic heterocycles. The summed E-state index contributed by atoms with van der Waals surface area (Å²) < 4.78 is 5.87. The van der Waals surface area contributed by atoms with Crippen molar-refractivity contribution in [2.75, 3.05) is 42.5 Å². The summed E-state index contributed by atoms with van der Waals surface area (Å²) in [5.74, 6) is 1.44. The second-order valence-corrected chi connectivity index (χ2v) is 7.70. The maximum absolute atomic E-state index is 12.2. The first-order chi connectivity index (χ1) is 14.3. The van der Waals surface area contributed by atoms with Crippen LogP contribution in [0.3, 0.4) is 0 Å². The Hall–Kier alpha value is -3.16. The predicted molar refractivity (Wildman–Crippen MR) is 110 cm³/mol. The molecule has 1 aliphatic heterocycles. The van der Waals surface area contributed by atoms with Crippen LogP contribution < -0.4 is 15.1 Å². The van der Waals surface area contributed by atoms with Gasteiger partial charge in [-0.25, -0.2) is 0 Å². The lowest BCUT2D eigenvalue weighted by atomic mass is 10.3. The van der Waals surface area contributed by atoms with Gasteiger partial charge in [0.25, 0.3) is 11.9 Å². The van der Waals surface area contributed by atoms with Gasteiger partial charge in [0.1, 0.15) is 5.52 Å². The van der Waals surface area contributed by atoms with Crippen molar-refractivity contribution < 1.29 is 9.21 Å². The van der Waals surface area contributed by atoms with Gasteiger partial charge in [0.05, 0.1) is 0 Å². The van der Waals surface area contributed by atoms with Crippen LogP contribution in [0.25, 0.3) is 11.1 Å². The Bertz CT molecular complexity index is 957. The van der Waals surface area contributed by atoms with Crippen molar-refractivity contribution in [1.82, 2.24) is 20.5 Å². The number of rotatable bonds is 6. The van der Waals surface area contributed by atoms with Crippen LogP contribution in [0.1, 0.15) is 29.8 Å². The monoisotopic (exact) mass is 392 g/mol. The second kappa shape index (κ2) is 7.69. The van der Waals surface area contributed by atoms with Crippen LogP contribution in [0.5, 0.6) is 0 Å². The average Bonchev–Trinajstić information content (AvgIpc) is 3.49. The van der Waals surface area contributed by atoms with E-state index < -0.39 is 0 Å². The number of fused-ring (bicyclic) bond motifs is 1. The number of oxazole rings is 1. The molecule has 150 valence electrons. The molecule has 1 N–H and O–H groups in total. The SMILES string of the molecule is O=C(NCCC1CC1)c1ccc(N2CCN(c3nc4ccccc4o3)CC2)nn1. The summed E-state index contributed by atoms with van der Waals surface area (Å²) in [6, 6.07) is 12.1. The first-order valence-corrected chi connectivity index (χ1v) is 10.2. The van der Waals surface area contributed by atoms with Gasteiger partial charge in [-0.05, 0) is 36.6 Å². The smallest absolute Gasteiger partial charge is 0.298 e. The summed E-state index contributed by atoms with van der Waals surface area (Å²) >= 11 is 0. The minimum atomic E-state index is -0.148. The molecule has 1 saturated heterocycles. The number of nitrogens with one attached hydrogen (secondary N) is 1. The van der Waals surface area contributed by atoms with Crippen molar-refractivity contribution in [2.45, 2.75) is 19.3 Å². The Morgan fingerprint density at radius 2 is 1.83 bits per heavy atom. The average molecular weight is 392 g/mol. The lowest BCUT2D eigenvalue weighted by Gasteiger charge is -2.34. The third-order valence-electron chi connectivity index (χ3n) is 5.57. The van der Waals surface area contributed by atoms with Gasteiger partial charge in [-0.2, -0.15) is 4.98 Å². The molecule has 1 aliphatic carbocycles. The summed E-state index contributed by atoms with van der Waals surface area (Å²) in [6.45, 7) is 3.88. The third-order valence-corrected chi connectivity index (χ3v) is 5.57. The highest BCUT2D eigenvalue weighted by Crippen LogP contribution is 2.31. The van der Waals surface area contributed by atoms with E-state index >= 15 is 0 Å². The van der Waals surface area contributed by atoms with E-state index in [1.54, 1.807) is 6.07 Å². The topological polar surface area (TPSA) is 87.4 Å². The highest BCUT2D eigenvalue weighted by molar-refractivity contribution is 5.92. The lowest BCUT2D eigenvalue weighted by molar-refractivity contribution is 0.0946. The van der Waals surface area contributed by atoms with E-state index in [4.69, 9.17) is 4.42 Å². The Morgan fingerprint density at radius 3 is 2.55 bits per heavy atom. The van der Waals surface area contributed by atoms with E-state index in [0.717, 1.165) is 55.4 Å². The minimum Gasteiger partial charge on any atom is -0.423 e. The van der Waals surface area contributed by atoms with Crippen LogP contribution in [-0.4, -0.2) is 53.8 Å².